The molecule has 0 radical (unpaired) electrons. The molecule has 1 aromatic carbocycles. The van der Waals surface area contributed by atoms with E-state index in [-0.39, 0.29) is 18.5 Å². The fourth-order valence-electron chi connectivity index (χ4n) is 2.37. The molecule has 1 aromatic heterocycles. The van der Waals surface area contributed by atoms with Gasteiger partial charge in [-0.1, -0.05) is 30.3 Å². The van der Waals surface area contributed by atoms with E-state index in [0.29, 0.717) is 11.7 Å². The number of imide groups is 1. The fourth-order valence-corrected chi connectivity index (χ4v) is 2.37. The first-order valence-electron chi connectivity index (χ1n) is 7.01. The third-order valence-corrected chi connectivity index (χ3v) is 4.03. The molecule has 0 bridgehead atoms. The lowest BCUT2D eigenvalue weighted by Crippen LogP contribution is -2.41. The van der Waals surface area contributed by atoms with Crippen LogP contribution in [0.4, 0.5) is 4.79 Å². The minimum absolute atomic E-state index is 0.0400. The molecule has 3 amide bonds. The Hall–Kier alpha value is -2.63. The molecular weight excluding hydrogens is 282 g/mol. The first kappa shape index (κ1) is 14.3. The summed E-state index contributed by atoms with van der Waals surface area (Å²) < 4.78 is 5.66. The van der Waals surface area contributed by atoms with E-state index in [4.69, 9.17) is 4.42 Å². The molecule has 0 atom stereocenters. The van der Waals surface area contributed by atoms with E-state index in [9.17, 15) is 9.59 Å². The fraction of sp³-hybridized carbons (Fsp3) is 0.312. The van der Waals surface area contributed by atoms with Crippen LogP contribution in [0.25, 0.3) is 11.3 Å². The first-order chi connectivity index (χ1) is 10.4. The number of carbonyl (C=O) groups is 2. The molecule has 6 heteroatoms. The molecule has 0 N–H and O–H groups in total. The van der Waals surface area contributed by atoms with Crippen LogP contribution < -0.4 is 0 Å². The van der Waals surface area contributed by atoms with Gasteiger partial charge in [0.05, 0.1) is 6.20 Å². The van der Waals surface area contributed by atoms with Crippen molar-refractivity contribution in [1.29, 1.82) is 0 Å². The highest BCUT2D eigenvalue weighted by molar-refractivity contribution is 6.06. The maximum Gasteiger partial charge on any atom is 0.327 e. The topological polar surface area (TPSA) is 66.7 Å². The summed E-state index contributed by atoms with van der Waals surface area (Å²) in [5.74, 6) is 0.702. The normalized spacial score (nSPS) is 17.4. The van der Waals surface area contributed by atoms with Gasteiger partial charge in [-0.2, -0.15) is 0 Å². The summed E-state index contributed by atoms with van der Waals surface area (Å²) in [4.78, 5) is 31.3. The molecule has 0 spiro atoms. The lowest BCUT2D eigenvalue weighted by molar-refractivity contribution is -0.132. The van der Waals surface area contributed by atoms with Gasteiger partial charge in [0.25, 0.3) is 5.91 Å². The summed E-state index contributed by atoms with van der Waals surface area (Å²) in [6.45, 7) is 3.48. The molecule has 114 valence electrons. The Labute approximate surface area is 128 Å². The van der Waals surface area contributed by atoms with E-state index in [0.717, 1.165) is 5.56 Å². The van der Waals surface area contributed by atoms with Gasteiger partial charge in [0.1, 0.15) is 12.1 Å². The first-order valence-corrected chi connectivity index (χ1v) is 7.01. The standard InChI is InChI=1S/C16H17N3O3/c1-16(2)14(20)19(15(21)18(16)3)10-13-17-9-12(22-13)11-7-5-4-6-8-11/h4-9H,10H2,1-3H3. The molecule has 3 rings (SSSR count). The molecule has 2 heterocycles. The highest BCUT2D eigenvalue weighted by Crippen LogP contribution is 2.28. The highest BCUT2D eigenvalue weighted by atomic mass is 16.4. The number of urea groups is 1. The Balaban J connectivity index is 1.82. The molecule has 1 aliphatic heterocycles. The molecular formula is C16H17N3O3. The lowest BCUT2D eigenvalue weighted by Gasteiger charge is -2.22. The largest absolute Gasteiger partial charge is 0.439 e. The number of hydrogen-bond donors (Lipinski definition) is 0. The number of nitrogens with zero attached hydrogens (tertiary/aromatic N) is 3. The minimum Gasteiger partial charge on any atom is -0.439 e. The highest BCUT2D eigenvalue weighted by Gasteiger charge is 2.49. The average Bonchev–Trinajstić information content (AvgIpc) is 3.04. The number of hydrogen-bond acceptors (Lipinski definition) is 4. The number of carbonyl (C=O) groups excluding carboxylic acids is 2. The molecule has 1 aliphatic rings. The second kappa shape index (κ2) is 4.98. The van der Waals surface area contributed by atoms with Gasteiger partial charge in [-0.25, -0.2) is 9.78 Å². The molecule has 1 fully saturated rings. The van der Waals surface area contributed by atoms with Gasteiger partial charge in [-0.05, 0) is 13.8 Å². The Morgan fingerprint density at radius 3 is 2.45 bits per heavy atom. The van der Waals surface area contributed by atoms with Crippen molar-refractivity contribution in [2.75, 3.05) is 7.05 Å². The molecule has 0 saturated carbocycles. The predicted molar refractivity (Wildman–Crippen MR) is 79.7 cm³/mol. The van der Waals surface area contributed by atoms with Crippen molar-refractivity contribution in [3.63, 3.8) is 0 Å². The average molecular weight is 299 g/mol. The van der Waals surface area contributed by atoms with Gasteiger partial charge >= 0.3 is 6.03 Å². The Morgan fingerprint density at radius 2 is 1.86 bits per heavy atom. The Morgan fingerprint density at radius 1 is 1.18 bits per heavy atom. The summed E-state index contributed by atoms with van der Waals surface area (Å²) in [7, 11) is 1.62. The summed E-state index contributed by atoms with van der Waals surface area (Å²) in [5, 5.41) is 0. The van der Waals surface area contributed by atoms with Crippen LogP contribution in [0.2, 0.25) is 0 Å². The number of aromatic nitrogens is 1. The van der Waals surface area contributed by atoms with E-state index in [1.54, 1.807) is 27.1 Å². The van der Waals surface area contributed by atoms with E-state index in [2.05, 4.69) is 4.98 Å². The number of oxazole rings is 1. The lowest BCUT2D eigenvalue weighted by atomic mass is 10.1. The van der Waals surface area contributed by atoms with Crippen LogP contribution in [0.15, 0.2) is 40.9 Å². The van der Waals surface area contributed by atoms with Crippen LogP contribution in [0, 0.1) is 0 Å². The monoisotopic (exact) mass is 299 g/mol. The maximum absolute atomic E-state index is 12.3. The van der Waals surface area contributed by atoms with E-state index >= 15 is 0 Å². The van der Waals surface area contributed by atoms with E-state index < -0.39 is 5.54 Å². The van der Waals surface area contributed by atoms with Crippen LogP contribution in [0.1, 0.15) is 19.7 Å². The Kier molecular flexibility index (Phi) is 3.24. The van der Waals surface area contributed by atoms with Crippen molar-refractivity contribution < 1.29 is 14.0 Å². The van der Waals surface area contributed by atoms with Gasteiger partial charge < -0.3 is 9.32 Å². The van der Waals surface area contributed by atoms with Crippen LogP contribution in [-0.4, -0.2) is 39.3 Å². The Bertz CT molecular complexity index is 721. The quantitative estimate of drug-likeness (QED) is 0.817. The van der Waals surface area contributed by atoms with Crippen molar-refractivity contribution >= 4 is 11.9 Å². The van der Waals surface area contributed by atoms with Crippen molar-refractivity contribution in [2.45, 2.75) is 25.9 Å². The zero-order chi connectivity index (χ0) is 15.9. The van der Waals surface area contributed by atoms with Crippen molar-refractivity contribution in [3.05, 3.63) is 42.4 Å². The molecule has 6 nitrogen and oxygen atoms in total. The van der Waals surface area contributed by atoms with Gasteiger partial charge in [-0.15, -0.1) is 0 Å². The predicted octanol–water partition coefficient (Wildman–Crippen LogP) is 2.51. The van der Waals surface area contributed by atoms with Crippen molar-refractivity contribution in [3.8, 4) is 11.3 Å². The van der Waals surface area contributed by atoms with Crippen LogP contribution >= 0.6 is 0 Å². The second-order valence-corrected chi connectivity index (χ2v) is 5.78. The third kappa shape index (κ3) is 2.16. The van der Waals surface area contributed by atoms with E-state index in [1.807, 2.05) is 30.3 Å². The molecule has 0 unspecified atom stereocenters. The van der Waals surface area contributed by atoms with Crippen molar-refractivity contribution in [1.82, 2.24) is 14.8 Å². The van der Waals surface area contributed by atoms with E-state index in [1.165, 1.54) is 9.80 Å². The zero-order valence-electron chi connectivity index (χ0n) is 12.7. The SMILES string of the molecule is CN1C(=O)N(Cc2ncc(-c3ccccc3)o2)C(=O)C1(C)C. The minimum atomic E-state index is -0.841. The second-order valence-electron chi connectivity index (χ2n) is 5.78. The summed E-state index contributed by atoms with van der Waals surface area (Å²) in [6.07, 6.45) is 1.60. The van der Waals surface area contributed by atoms with Gasteiger partial charge in [0.2, 0.25) is 5.89 Å². The molecule has 1 saturated heterocycles. The number of amides is 3. The summed E-state index contributed by atoms with van der Waals surface area (Å²) >= 11 is 0. The van der Waals surface area contributed by atoms with Crippen molar-refractivity contribution in [2.24, 2.45) is 0 Å². The van der Waals surface area contributed by atoms with Gasteiger partial charge in [-0.3, -0.25) is 9.69 Å². The zero-order valence-corrected chi connectivity index (χ0v) is 12.7. The number of likely N-dealkylation sites (N-methyl/N-ethyl adjacent to an activating group) is 1. The van der Waals surface area contributed by atoms with Gasteiger partial charge in [0.15, 0.2) is 5.76 Å². The summed E-state index contributed by atoms with van der Waals surface area (Å²) in [5.41, 5.74) is 0.0594. The smallest absolute Gasteiger partial charge is 0.327 e. The van der Waals surface area contributed by atoms with Crippen LogP contribution in [-0.2, 0) is 11.3 Å². The summed E-state index contributed by atoms with van der Waals surface area (Å²) in [6, 6.07) is 9.21. The third-order valence-electron chi connectivity index (χ3n) is 4.03. The molecule has 22 heavy (non-hydrogen) atoms. The van der Waals surface area contributed by atoms with Gasteiger partial charge in [0, 0.05) is 12.6 Å². The molecule has 2 aromatic rings. The van der Waals surface area contributed by atoms with Crippen LogP contribution in [0.5, 0.6) is 0 Å². The van der Waals surface area contributed by atoms with Crippen LogP contribution in [0.3, 0.4) is 0 Å². The number of benzene rings is 1. The molecule has 0 aliphatic carbocycles. The maximum atomic E-state index is 12.3. The number of rotatable bonds is 3.